The number of ether oxygens (including phenoxy) is 1. The van der Waals surface area contributed by atoms with Crippen molar-refractivity contribution in [1.29, 1.82) is 0 Å². The largest absolute Gasteiger partial charge is 0.368 e. The predicted molar refractivity (Wildman–Crippen MR) is 69.8 cm³/mol. The van der Waals surface area contributed by atoms with Crippen molar-refractivity contribution in [3.8, 4) is 0 Å². The number of nitrogens with two attached hydrogens (primary N) is 1. The van der Waals surface area contributed by atoms with Gasteiger partial charge in [-0.25, -0.2) is 0 Å². The summed E-state index contributed by atoms with van der Waals surface area (Å²) in [5, 5.41) is 0. The lowest BCUT2D eigenvalue weighted by Gasteiger charge is -2.33. The third kappa shape index (κ3) is 2.58. The van der Waals surface area contributed by atoms with Gasteiger partial charge in [0.1, 0.15) is 0 Å². The zero-order chi connectivity index (χ0) is 11.7. The first-order valence-electron chi connectivity index (χ1n) is 7.39. The molecule has 0 radical (unpaired) electrons. The SMILES string of the molecule is NC1CCC(=CC2CCC3(CCCCC3)O2)C1. The van der Waals surface area contributed by atoms with Crippen LogP contribution in [0.25, 0.3) is 0 Å². The maximum atomic E-state index is 6.37. The van der Waals surface area contributed by atoms with Crippen LogP contribution in [0.1, 0.15) is 64.2 Å². The highest BCUT2D eigenvalue weighted by Gasteiger charge is 2.40. The van der Waals surface area contributed by atoms with Gasteiger partial charge in [0.05, 0.1) is 11.7 Å². The van der Waals surface area contributed by atoms with E-state index in [0.29, 0.717) is 12.1 Å². The van der Waals surface area contributed by atoms with Crippen LogP contribution >= 0.6 is 0 Å². The van der Waals surface area contributed by atoms with Gasteiger partial charge in [-0.3, -0.25) is 0 Å². The summed E-state index contributed by atoms with van der Waals surface area (Å²) in [6.45, 7) is 0. The molecule has 3 rings (SSSR count). The van der Waals surface area contributed by atoms with Crippen LogP contribution in [0.2, 0.25) is 0 Å². The Morgan fingerprint density at radius 2 is 1.94 bits per heavy atom. The number of rotatable bonds is 1. The Balaban J connectivity index is 1.60. The standard InChI is InChI=1S/C15H25NO/c16-13-5-4-12(10-13)11-14-6-9-15(17-14)7-2-1-3-8-15/h11,13-14H,1-10,16H2. The fourth-order valence-electron chi connectivity index (χ4n) is 3.85. The molecule has 2 nitrogen and oxygen atoms in total. The smallest absolute Gasteiger partial charge is 0.0767 e. The lowest BCUT2D eigenvalue weighted by Crippen LogP contribution is -2.31. The summed E-state index contributed by atoms with van der Waals surface area (Å²) in [5.74, 6) is 0. The zero-order valence-electron chi connectivity index (χ0n) is 10.8. The minimum absolute atomic E-state index is 0.265. The van der Waals surface area contributed by atoms with E-state index in [-0.39, 0.29) is 5.60 Å². The molecule has 2 unspecified atom stereocenters. The fraction of sp³-hybridized carbons (Fsp3) is 0.867. The predicted octanol–water partition coefficient (Wildman–Crippen LogP) is 3.31. The summed E-state index contributed by atoms with van der Waals surface area (Å²) in [4.78, 5) is 0. The van der Waals surface area contributed by atoms with Crippen LogP contribution in [0.15, 0.2) is 11.6 Å². The molecular formula is C15H25NO. The summed E-state index contributed by atoms with van der Waals surface area (Å²) in [6.07, 6.45) is 15.5. The Morgan fingerprint density at radius 3 is 2.65 bits per heavy atom. The maximum absolute atomic E-state index is 6.37. The fourth-order valence-corrected chi connectivity index (χ4v) is 3.85. The molecule has 3 fully saturated rings. The second kappa shape index (κ2) is 4.74. The van der Waals surface area contributed by atoms with Crippen molar-refractivity contribution >= 4 is 0 Å². The molecule has 1 spiro atoms. The molecule has 2 atom stereocenters. The first kappa shape index (κ1) is 11.7. The van der Waals surface area contributed by atoms with Gasteiger partial charge in [0, 0.05) is 6.04 Å². The van der Waals surface area contributed by atoms with E-state index < -0.39 is 0 Å². The summed E-state index contributed by atoms with van der Waals surface area (Å²) in [7, 11) is 0. The Bertz CT molecular complexity index is 304. The lowest BCUT2D eigenvalue weighted by molar-refractivity contribution is -0.0483. The summed E-state index contributed by atoms with van der Waals surface area (Å²) >= 11 is 0. The molecule has 2 aliphatic carbocycles. The van der Waals surface area contributed by atoms with Gasteiger partial charge in [0.2, 0.25) is 0 Å². The third-order valence-electron chi connectivity index (χ3n) is 4.83. The molecule has 2 saturated carbocycles. The Morgan fingerprint density at radius 1 is 1.12 bits per heavy atom. The van der Waals surface area contributed by atoms with Gasteiger partial charge in [0.25, 0.3) is 0 Å². The molecule has 0 aromatic carbocycles. The summed E-state index contributed by atoms with van der Waals surface area (Å²) in [6, 6.07) is 0.409. The minimum Gasteiger partial charge on any atom is -0.368 e. The second-order valence-corrected chi connectivity index (χ2v) is 6.27. The maximum Gasteiger partial charge on any atom is 0.0767 e. The highest BCUT2D eigenvalue weighted by Crippen LogP contribution is 2.42. The first-order chi connectivity index (χ1) is 8.26. The second-order valence-electron chi connectivity index (χ2n) is 6.27. The molecule has 0 aromatic rings. The van der Waals surface area contributed by atoms with E-state index in [1.54, 1.807) is 5.57 Å². The monoisotopic (exact) mass is 235 g/mol. The van der Waals surface area contributed by atoms with Gasteiger partial charge in [-0.1, -0.05) is 30.9 Å². The molecular weight excluding hydrogens is 210 g/mol. The Kier molecular flexibility index (Phi) is 3.27. The number of hydrogen-bond donors (Lipinski definition) is 1. The molecule has 0 aromatic heterocycles. The van der Waals surface area contributed by atoms with Crippen molar-refractivity contribution in [3.05, 3.63) is 11.6 Å². The average molecular weight is 235 g/mol. The highest BCUT2D eigenvalue weighted by molar-refractivity contribution is 5.13. The van der Waals surface area contributed by atoms with Crippen LogP contribution in [0.4, 0.5) is 0 Å². The van der Waals surface area contributed by atoms with Crippen LogP contribution in [-0.4, -0.2) is 17.7 Å². The minimum atomic E-state index is 0.265. The quantitative estimate of drug-likeness (QED) is 0.708. The Labute approximate surface area is 105 Å². The van der Waals surface area contributed by atoms with Gasteiger partial charge >= 0.3 is 0 Å². The van der Waals surface area contributed by atoms with E-state index >= 15 is 0 Å². The molecule has 17 heavy (non-hydrogen) atoms. The van der Waals surface area contributed by atoms with Gasteiger partial charge < -0.3 is 10.5 Å². The van der Waals surface area contributed by atoms with E-state index in [9.17, 15) is 0 Å². The van der Waals surface area contributed by atoms with Crippen LogP contribution in [0, 0.1) is 0 Å². The average Bonchev–Trinajstić information content (AvgIpc) is 2.89. The molecule has 96 valence electrons. The summed E-state index contributed by atoms with van der Waals surface area (Å²) in [5.41, 5.74) is 7.77. The molecule has 2 N–H and O–H groups in total. The molecule has 0 bridgehead atoms. The van der Waals surface area contributed by atoms with E-state index in [2.05, 4.69) is 6.08 Å². The lowest BCUT2D eigenvalue weighted by atomic mass is 9.83. The van der Waals surface area contributed by atoms with E-state index in [1.165, 1.54) is 57.8 Å². The van der Waals surface area contributed by atoms with Crippen molar-refractivity contribution < 1.29 is 4.74 Å². The van der Waals surface area contributed by atoms with Crippen LogP contribution in [0.3, 0.4) is 0 Å². The molecule has 2 heteroatoms. The van der Waals surface area contributed by atoms with Crippen LogP contribution < -0.4 is 5.73 Å². The van der Waals surface area contributed by atoms with Crippen LogP contribution in [0.5, 0.6) is 0 Å². The van der Waals surface area contributed by atoms with E-state index in [4.69, 9.17) is 10.5 Å². The summed E-state index contributed by atoms with van der Waals surface area (Å²) < 4.78 is 6.37. The molecule has 1 heterocycles. The van der Waals surface area contributed by atoms with Gasteiger partial charge in [-0.2, -0.15) is 0 Å². The zero-order valence-corrected chi connectivity index (χ0v) is 10.8. The third-order valence-corrected chi connectivity index (χ3v) is 4.83. The topological polar surface area (TPSA) is 35.2 Å². The van der Waals surface area contributed by atoms with Crippen molar-refractivity contribution in [3.63, 3.8) is 0 Å². The van der Waals surface area contributed by atoms with E-state index in [1.807, 2.05) is 0 Å². The van der Waals surface area contributed by atoms with Crippen LogP contribution in [-0.2, 0) is 4.74 Å². The van der Waals surface area contributed by atoms with E-state index in [0.717, 1.165) is 6.42 Å². The van der Waals surface area contributed by atoms with Gasteiger partial charge in [0.15, 0.2) is 0 Å². The highest BCUT2D eigenvalue weighted by atomic mass is 16.5. The molecule has 0 amide bonds. The number of hydrogen-bond acceptors (Lipinski definition) is 2. The van der Waals surface area contributed by atoms with Gasteiger partial charge in [-0.05, 0) is 44.9 Å². The van der Waals surface area contributed by atoms with Crippen molar-refractivity contribution in [2.75, 3.05) is 0 Å². The molecule has 1 aliphatic heterocycles. The Hall–Kier alpha value is -0.340. The van der Waals surface area contributed by atoms with Gasteiger partial charge in [-0.15, -0.1) is 0 Å². The normalized spacial score (nSPS) is 39.2. The molecule has 3 aliphatic rings. The van der Waals surface area contributed by atoms with Crippen molar-refractivity contribution in [2.24, 2.45) is 5.73 Å². The first-order valence-corrected chi connectivity index (χ1v) is 7.39. The van der Waals surface area contributed by atoms with Crippen molar-refractivity contribution in [1.82, 2.24) is 0 Å². The van der Waals surface area contributed by atoms with Crippen molar-refractivity contribution in [2.45, 2.75) is 82.0 Å². The molecule has 1 saturated heterocycles.